The van der Waals surface area contributed by atoms with Gasteiger partial charge in [0.15, 0.2) is 0 Å². The Kier molecular flexibility index (Phi) is 9.82. The minimum atomic E-state index is -1.35. The lowest BCUT2D eigenvalue weighted by molar-refractivity contribution is -0.216. The van der Waals surface area contributed by atoms with E-state index in [1.165, 1.54) is 7.11 Å². The van der Waals surface area contributed by atoms with Crippen LogP contribution in [0.3, 0.4) is 0 Å². The summed E-state index contributed by atoms with van der Waals surface area (Å²) in [6, 6.07) is 28.5. The number of hydrogen-bond donors (Lipinski definition) is 0. The van der Waals surface area contributed by atoms with Gasteiger partial charge in [-0.3, -0.25) is 0 Å². The first-order chi connectivity index (χ1) is 18.2. The predicted molar refractivity (Wildman–Crippen MR) is 138 cm³/mol. The van der Waals surface area contributed by atoms with Crippen LogP contribution in [-0.4, -0.2) is 57.0 Å². The molecule has 1 heterocycles. The van der Waals surface area contributed by atoms with Gasteiger partial charge in [-0.05, 0) is 30.2 Å². The topological polar surface area (TPSA) is 72.5 Å². The van der Waals surface area contributed by atoms with Crippen molar-refractivity contribution in [2.45, 2.75) is 44.2 Å². The van der Waals surface area contributed by atoms with Gasteiger partial charge in [0.2, 0.25) is 11.9 Å². The second-order valence-electron chi connectivity index (χ2n) is 8.81. The van der Waals surface area contributed by atoms with Crippen molar-refractivity contribution in [3.63, 3.8) is 0 Å². The quantitative estimate of drug-likeness (QED) is 0.309. The highest BCUT2D eigenvalue weighted by atomic mass is 16.7. The van der Waals surface area contributed by atoms with E-state index in [1.807, 2.05) is 73.7 Å². The molecule has 4 rings (SSSR count). The molecule has 4 atom stereocenters. The lowest BCUT2D eigenvalue weighted by atomic mass is 9.94. The number of esters is 1. The smallest absolute Gasteiger partial charge is 0.339 e. The molecule has 0 N–H and O–H groups in total. The van der Waals surface area contributed by atoms with Crippen molar-refractivity contribution in [3.05, 3.63) is 108 Å². The van der Waals surface area contributed by atoms with E-state index >= 15 is 0 Å². The highest BCUT2D eigenvalue weighted by molar-refractivity contribution is 5.89. The minimum absolute atomic E-state index is 0.0369. The molecule has 196 valence electrons. The summed E-state index contributed by atoms with van der Waals surface area (Å²) >= 11 is 0. The molecule has 0 saturated carbocycles. The van der Waals surface area contributed by atoms with E-state index in [1.54, 1.807) is 24.3 Å². The lowest BCUT2D eigenvalue weighted by Gasteiger charge is -2.37. The molecule has 3 aromatic carbocycles. The number of carbonyl (C=O) groups is 1. The SMILES string of the molecule is CCOC[C@]1(OC(=O)c2ccccc2)[C@@H](OC)O[C@H](COCc2ccccc2)[C@H]1OCc1ccccc1. The second-order valence-corrected chi connectivity index (χ2v) is 8.81. The Bertz CT molecular complexity index is 1080. The summed E-state index contributed by atoms with van der Waals surface area (Å²) in [6.45, 7) is 3.25. The number of rotatable bonds is 13. The number of hydrogen-bond acceptors (Lipinski definition) is 7. The summed E-state index contributed by atoms with van der Waals surface area (Å²) in [5.74, 6) is -0.509. The van der Waals surface area contributed by atoms with Gasteiger partial charge in [0, 0.05) is 13.7 Å². The molecule has 0 amide bonds. The van der Waals surface area contributed by atoms with Gasteiger partial charge in [0.1, 0.15) is 12.2 Å². The maximum atomic E-state index is 13.3. The Morgan fingerprint density at radius 3 is 2.03 bits per heavy atom. The van der Waals surface area contributed by atoms with Crippen LogP contribution in [0.2, 0.25) is 0 Å². The first-order valence-corrected chi connectivity index (χ1v) is 12.5. The average molecular weight is 507 g/mol. The Labute approximate surface area is 218 Å². The van der Waals surface area contributed by atoms with Crippen LogP contribution >= 0.6 is 0 Å². The van der Waals surface area contributed by atoms with Gasteiger partial charge in [-0.1, -0.05) is 78.9 Å². The first-order valence-electron chi connectivity index (χ1n) is 12.5. The van der Waals surface area contributed by atoms with E-state index in [-0.39, 0.29) is 19.8 Å². The summed E-state index contributed by atoms with van der Waals surface area (Å²) in [5, 5.41) is 0. The molecule has 1 aliphatic heterocycles. The van der Waals surface area contributed by atoms with Crippen molar-refractivity contribution >= 4 is 5.97 Å². The third-order valence-corrected chi connectivity index (χ3v) is 6.22. The Balaban J connectivity index is 1.60. The number of ether oxygens (including phenoxy) is 6. The highest BCUT2D eigenvalue weighted by Gasteiger charge is 2.61. The Hall–Kier alpha value is -3.07. The van der Waals surface area contributed by atoms with E-state index in [4.69, 9.17) is 28.4 Å². The van der Waals surface area contributed by atoms with Gasteiger partial charge in [-0.2, -0.15) is 0 Å². The number of carbonyl (C=O) groups excluding carboxylic acids is 1. The third kappa shape index (κ3) is 6.83. The second kappa shape index (κ2) is 13.5. The van der Waals surface area contributed by atoms with E-state index < -0.39 is 30.1 Å². The van der Waals surface area contributed by atoms with E-state index in [9.17, 15) is 4.79 Å². The molecule has 1 aliphatic rings. The fourth-order valence-electron chi connectivity index (χ4n) is 4.40. The van der Waals surface area contributed by atoms with Crippen LogP contribution in [0.4, 0.5) is 0 Å². The number of methoxy groups -OCH3 is 1. The molecule has 0 unspecified atom stereocenters. The molecule has 0 radical (unpaired) electrons. The van der Waals surface area contributed by atoms with Crippen LogP contribution in [0.5, 0.6) is 0 Å². The molecular weight excluding hydrogens is 472 g/mol. The molecule has 0 bridgehead atoms. The summed E-state index contributed by atoms with van der Waals surface area (Å²) in [6.07, 6.45) is -2.20. The minimum Gasteiger partial charge on any atom is -0.445 e. The highest BCUT2D eigenvalue weighted by Crippen LogP contribution is 2.39. The summed E-state index contributed by atoms with van der Waals surface area (Å²) in [4.78, 5) is 13.3. The van der Waals surface area contributed by atoms with Gasteiger partial charge in [0.25, 0.3) is 0 Å². The normalized spacial score (nSPS) is 23.1. The number of benzene rings is 3. The Morgan fingerprint density at radius 2 is 1.43 bits per heavy atom. The molecule has 3 aromatic rings. The van der Waals surface area contributed by atoms with Crippen LogP contribution < -0.4 is 0 Å². The maximum absolute atomic E-state index is 13.3. The maximum Gasteiger partial charge on any atom is 0.339 e. The van der Waals surface area contributed by atoms with Crippen molar-refractivity contribution in [1.29, 1.82) is 0 Å². The van der Waals surface area contributed by atoms with Crippen LogP contribution in [0.1, 0.15) is 28.4 Å². The third-order valence-electron chi connectivity index (χ3n) is 6.22. The van der Waals surface area contributed by atoms with Gasteiger partial charge in [-0.15, -0.1) is 0 Å². The molecule has 0 aromatic heterocycles. The van der Waals surface area contributed by atoms with Crippen LogP contribution in [0.25, 0.3) is 0 Å². The van der Waals surface area contributed by atoms with Crippen molar-refractivity contribution < 1.29 is 33.2 Å². The van der Waals surface area contributed by atoms with E-state index in [0.717, 1.165) is 11.1 Å². The van der Waals surface area contributed by atoms with E-state index in [0.29, 0.717) is 18.8 Å². The summed E-state index contributed by atoms with van der Waals surface area (Å²) < 4.78 is 36.5. The molecule has 7 nitrogen and oxygen atoms in total. The monoisotopic (exact) mass is 506 g/mol. The molecule has 0 aliphatic carbocycles. The van der Waals surface area contributed by atoms with Crippen molar-refractivity contribution in [3.8, 4) is 0 Å². The zero-order chi connectivity index (χ0) is 25.9. The average Bonchev–Trinajstić information content (AvgIpc) is 3.24. The lowest BCUT2D eigenvalue weighted by Crippen LogP contribution is -2.57. The van der Waals surface area contributed by atoms with Crippen LogP contribution in [0, 0.1) is 0 Å². The molecule has 1 fully saturated rings. The summed E-state index contributed by atoms with van der Waals surface area (Å²) in [7, 11) is 1.52. The van der Waals surface area contributed by atoms with E-state index in [2.05, 4.69) is 0 Å². The molecule has 37 heavy (non-hydrogen) atoms. The fraction of sp³-hybridized carbons (Fsp3) is 0.367. The fourth-order valence-corrected chi connectivity index (χ4v) is 4.40. The van der Waals surface area contributed by atoms with Crippen LogP contribution in [0.15, 0.2) is 91.0 Å². The van der Waals surface area contributed by atoms with Gasteiger partial charge in [-0.25, -0.2) is 4.79 Å². The van der Waals surface area contributed by atoms with Crippen molar-refractivity contribution in [1.82, 2.24) is 0 Å². The van der Waals surface area contributed by atoms with Gasteiger partial charge < -0.3 is 28.4 Å². The molecule has 1 saturated heterocycles. The zero-order valence-electron chi connectivity index (χ0n) is 21.3. The van der Waals surface area contributed by atoms with Gasteiger partial charge >= 0.3 is 5.97 Å². The standard InChI is InChI=1S/C30H34O7/c1-3-33-22-30(37-28(31)25-17-11-6-12-18-25)27(35-20-24-15-9-5-10-16-24)26(36-29(30)32-2)21-34-19-23-13-7-4-8-14-23/h4-18,26-27,29H,3,19-22H2,1-2H3/t26-,27-,29+,30-/m1/s1. The molecular formula is C30H34O7. The Morgan fingerprint density at radius 1 is 0.838 bits per heavy atom. The predicted octanol–water partition coefficient (Wildman–Crippen LogP) is 4.79. The summed E-state index contributed by atoms with van der Waals surface area (Å²) in [5.41, 5.74) is 1.08. The van der Waals surface area contributed by atoms with Crippen molar-refractivity contribution in [2.75, 3.05) is 26.9 Å². The van der Waals surface area contributed by atoms with Crippen LogP contribution in [-0.2, 0) is 41.6 Å². The van der Waals surface area contributed by atoms with Crippen molar-refractivity contribution in [2.24, 2.45) is 0 Å². The van der Waals surface area contributed by atoms with Gasteiger partial charge in [0.05, 0.1) is 32.0 Å². The molecule has 0 spiro atoms. The zero-order valence-corrected chi connectivity index (χ0v) is 21.3. The first kappa shape index (κ1) is 27.0. The largest absolute Gasteiger partial charge is 0.445 e. The molecule has 7 heteroatoms.